The van der Waals surface area contributed by atoms with Crippen LogP contribution < -0.4 is 5.32 Å². The van der Waals surface area contributed by atoms with Gasteiger partial charge in [-0.2, -0.15) is 0 Å². The smallest absolute Gasteiger partial charge is 0.328 e. The van der Waals surface area contributed by atoms with Crippen LogP contribution in [-0.4, -0.2) is 39.4 Å². The van der Waals surface area contributed by atoms with E-state index in [9.17, 15) is 9.59 Å². The van der Waals surface area contributed by atoms with Crippen LogP contribution in [0, 0.1) is 0 Å². The van der Waals surface area contributed by atoms with E-state index >= 15 is 0 Å². The normalized spacial score (nSPS) is 14.4. The number of nitrogens with one attached hydrogen (secondary N) is 1. The molecule has 27 heavy (non-hydrogen) atoms. The summed E-state index contributed by atoms with van der Waals surface area (Å²) in [6.45, 7) is 15.3. The molecule has 0 spiro atoms. The molecule has 0 fully saturated rings. The summed E-state index contributed by atoms with van der Waals surface area (Å²) < 4.78 is 11.1. The van der Waals surface area contributed by atoms with Gasteiger partial charge in [-0.1, -0.05) is 48.8 Å². The number of benzene rings is 1. The molecule has 0 aromatic heterocycles. The summed E-state index contributed by atoms with van der Waals surface area (Å²) in [5.74, 6) is -0.739. The van der Waals surface area contributed by atoms with Crippen LogP contribution in [0.2, 0.25) is 18.1 Å². The highest BCUT2D eigenvalue weighted by atomic mass is 79.9. The Balaban J connectivity index is 2.67. The molecule has 0 aliphatic heterocycles. The second-order valence-electron chi connectivity index (χ2n) is 8.11. The van der Waals surface area contributed by atoms with E-state index in [0.717, 1.165) is 5.56 Å². The number of ether oxygens (including phenoxy) is 1. The lowest BCUT2D eigenvalue weighted by Crippen LogP contribution is -2.41. The summed E-state index contributed by atoms with van der Waals surface area (Å²) in [4.78, 5) is 23.9. The first kappa shape index (κ1) is 23.9. The van der Waals surface area contributed by atoms with Crippen molar-refractivity contribution >= 4 is 36.1 Å². The lowest BCUT2D eigenvalue weighted by molar-refractivity contribution is -0.144. The number of hydrogen-bond acceptors (Lipinski definition) is 4. The number of rotatable bonds is 8. The van der Waals surface area contributed by atoms with Crippen LogP contribution in [0.25, 0.3) is 0 Å². The number of carbonyl (C=O) groups excluding carboxylic acids is 2. The van der Waals surface area contributed by atoms with Crippen LogP contribution in [0.5, 0.6) is 0 Å². The summed E-state index contributed by atoms with van der Waals surface area (Å²) in [6.07, 6.45) is 0. The van der Waals surface area contributed by atoms with Crippen molar-refractivity contribution in [3.05, 3.63) is 35.4 Å². The van der Waals surface area contributed by atoms with Crippen molar-refractivity contribution in [2.45, 2.75) is 63.6 Å². The molecular weight excluding hydrogens is 426 g/mol. The molecule has 0 aliphatic carbocycles. The van der Waals surface area contributed by atoms with Gasteiger partial charge in [-0.15, -0.1) is 0 Å². The van der Waals surface area contributed by atoms with E-state index in [2.05, 4.69) is 55.1 Å². The van der Waals surface area contributed by atoms with Gasteiger partial charge in [0.1, 0.15) is 6.04 Å². The molecule has 0 radical (unpaired) electrons. The first-order chi connectivity index (χ1) is 12.4. The molecule has 0 heterocycles. The van der Waals surface area contributed by atoms with Crippen molar-refractivity contribution in [3.63, 3.8) is 0 Å². The van der Waals surface area contributed by atoms with Gasteiger partial charge in [0, 0.05) is 5.56 Å². The number of carbonyl (C=O) groups is 2. The Morgan fingerprint density at radius 2 is 1.74 bits per heavy atom. The van der Waals surface area contributed by atoms with Crippen molar-refractivity contribution in [1.82, 2.24) is 5.32 Å². The van der Waals surface area contributed by atoms with Crippen LogP contribution in [0.4, 0.5) is 0 Å². The number of hydrogen-bond donors (Lipinski definition) is 1. The minimum Gasteiger partial charge on any atom is -0.464 e. The van der Waals surface area contributed by atoms with E-state index in [4.69, 9.17) is 9.16 Å². The predicted octanol–water partition coefficient (Wildman–Crippen LogP) is 4.83. The summed E-state index contributed by atoms with van der Waals surface area (Å²) in [6, 6.07) is 6.63. The first-order valence-electron chi connectivity index (χ1n) is 9.24. The Morgan fingerprint density at radius 3 is 2.22 bits per heavy atom. The van der Waals surface area contributed by atoms with Gasteiger partial charge >= 0.3 is 5.97 Å². The molecule has 0 saturated heterocycles. The number of alkyl halides is 1. The molecular formula is C20H32BrNO4Si. The fraction of sp³-hybridized carbons (Fsp3) is 0.600. The quantitative estimate of drug-likeness (QED) is 0.345. The van der Waals surface area contributed by atoms with Crippen molar-refractivity contribution in [2.75, 3.05) is 13.2 Å². The summed E-state index contributed by atoms with van der Waals surface area (Å²) in [5.41, 5.74) is 1.55. The van der Waals surface area contributed by atoms with Gasteiger partial charge in [-0.05, 0) is 49.7 Å². The van der Waals surface area contributed by atoms with Gasteiger partial charge in [0.2, 0.25) is 0 Å². The zero-order valence-corrected chi connectivity index (χ0v) is 20.0. The number of halogens is 1. The fourth-order valence-corrected chi connectivity index (χ4v) is 3.74. The average molecular weight is 458 g/mol. The zero-order valence-electron chi connectivity index (χ0n) is 17.4. The highest BCUT2D eigenvalue weighted by Gasteiger charge is 2.37. The van der Waals surface area contributed by atoms with Crippen LogP contribution >= 0.6 is 15.9 Å². The Morgan fingerprint density at radius 1 is 1.19 bits per heavy atom. The molecule has 7 heteroatoms. The van der Waals surface area contributed by atoms with E-state index in [-0.39, 0.29) is 22.4 Å². The molecule has 1 rings (SSSR count). The zero-order chi connectivity index (χ0) is 20.8. The lowest BCUT2D eigenvalue weighted by atomic mass is 10.1. The minimum absolute atomic E-state index is 0.0576. The fourth-order valence-electron chi connectivity index (χ4n) is 2.04. The SMILES string of the molecule is CCOC(=O)C(C)NC(=O)c1ccc(C(Br)CO[Si](C)(C)C(C)(C)C)cc1. The number of esters is 1. The molecule has 1 amide bonds. The molecule has 1 aromatic rings. The first-order valence-corrected chi connectivity index (χ1v) is 13.1. The molecule has 2 atom stereocenters. The summed E-state index contributed by atoms with van der Waals surface area (Å²) in [7, 11) is -1.80. The van der Waals surface area contributed by atoms with Gasteiger partial charge in [0.15, 0.2) is 8.32 Å². The van der Waals surface area contributed by atoms with Gasteiger partial charge in [0.05, 0.1) is 18.0 Å². The van der Waals surface area contributed by atoms with Gasteiger partial charge in [0.25, 0.3) is 5.91 Å². The van der Waals surface area contributed by atoms with E-state index in [1.54, 1.807) is 26.0 Å². The Hall–Kier alpha value is -1.18. The monoisotopic (exact) mass is 457 g/mol. The van der Waals surface area contributed by atoms with Crippen LogP contribution in [-0.2, 0) is 14.0 Å². The Labute approximate surface area is 172 Å². The molecule has 0 aliphatic rings. The molecule has 0 bridgehead atoms. The molecule has 5 nitrogen and oxygen atoms in total. The van der Waals surface area contributed by atoms with Crippen molar-refractivity contribution in [2.24, 2.45) is 0 Å². The van der Waals surface area contributed by atoms with E-state index in [1.165, 1.54) is 0 Å². The maximum Gasteiger partial charge on any atom is 0.328 e. The van der Waals surface area contributed by atoms with Crippen LogP contribution in [0.15, 0.2) is 24.3 Å². The average Bonchev–Trinajstić information content (AvgIpc) is 2.59. The lowest BCUT2D eigenvalue weighted by Gasteiger charge is -2.36. The van der Waals surface area contributed by atoms with Gasteiger partial charge in [-0.25, -0.2) is 4.79 Å². The highest BCUT2D eigenvalue weighted by Crippen LogP contribution is 2.37. The van der Waals surface area contributed by atoms with Crippen molar-refractivity contribution in [3.8, 4) is 0 Å². The van der Waals surface area contributed by atoms with Crippen molar-refractivity contribution < 1.29 is 18.8 Å². The number of amides is 1. The van der Waals surface area contributed by atoms with Gasteiger partial charge < -0.3 is 14.5 Å². The minimum atomic E-state index is -1.80. The summed E-state index contributed by atoms with van der Waals surface area (Å²) >= 11 is 3.68. The van der Waals surface area contributed by atoms with E-state index in [0.29, 0.717) is 12.2 Å². The van der Waals surface area contributed by atoms with Gasteiger partial charge in [-0.3, -0.25) is 4.79 Å². The molecule has 2 unspecified atom stereocenters. The second-order valence-corrected chi connectivity index (χ2v) is 14.0. The van der Waals surface area contributed by atoms with Crippen LogP contribution in [0.3, 0.4) is 0 Å². The van der Waals surface area contributed by atoms with Crippen LogP contribution in [0.1, 0.15) is 55.4 Å². The third kappa shape index (κ3) is 7.05. The molecule has 1 N–H and O–H groups in total. The van der Waals surface area contributed by atoms with E-state index < -0.39 is 20.3 Å². The molecule has 1 aromatic carbocycles. The van der Waals surface area contributed by atoms with Crippen molar-refractivity contribution in [1.29, 1.82) is 0 Å². The summed E-state index contributed by atoms with van der Waals surface area (Å²) in [5, 5.41) is 2.81. The maximum atomic E-state index is 12.3. The third-order valence-corrected chi connectivity index (χ3v) is 10.2. The largest absolute Gasteiger partial charge is 0.464 e. The molecule has 152 valence electrons. The third-order valence-electron chi connectivity index (χ3n) is 4.92. The Bertz CT molecular complexity index is 640. The second kappa shape index (κ2) is 9.84. The standard InChI is InChI=1S/C20H32BrNO4Si/c1-8-25-19(24)14(2)22-18(23)16-11-9-15(10-12-16)17(21)13-26-27(6,7)20(3,4)5/h9-12,14,17H,8,13H2,1-7H3,(H,22,23). The maximum absolute atomic E-state index is 12.3. The van der Waals surface area contributed by atoms with E-state index in [1.807, 2.05) is 12.1 Å². The molecule has 0 saturated carbocycles. The Kier molecular flexibility index (Phi) is 8.70. The topological polar surface area (TPSA) is 64.6 Å². The highest BCUT2D eigenvalue weighted by molar-refractivity contribution is 9.09. The predicted molar refractivity (Wildman–Crippen MR) is 115 cm³/mol.